The van der Waals surface area contributed by atoms with Crippen molar-refractivity contribution in [3.63, 3.8) is 0 Å². The van der Waals surface area contributed by atoms with Crippen LogP contribution in [0.1, 0.15) is 19.8 Å². The van der Waals surface area contributed by atoms with Gasteiger partial charge < -0.3 is 0 Å². The van der Waals surface area contributed by atoms with E-state index in [0.717, 1.165) is 0 Å². The van der Waals surface area contributed by atoms with E-state index in [1.165, 1.54) is 0 Å². The average Bonchev–Trinajstić information content (AvgIpc) is 2.02. The monoisotopic (exact) mass is 219 g/mol. The van der Waals surface area contributed by atoms with Crippen LogP contribution in [0.4, 0.5) is 17.9 Å². The maximum absolute atomic E-state index is 12.0. The summed E-state index contributed by atoms with van der Waals surface area (Å²) >= 11 is 0. The molecule has 84 valence electrons. The van der Waals surface area contributed by atoms with Crippen LogP contribution in [0.5, 0.6) is 0 Å². The molecule has 0 heterocycles. The normalized spacial score (nSPS) is 12.5. The number of halogens is 4. The minimum Gasteiger partial charge on any atom is -0.265 e. The fourth-order valence-corrected chi connectivity index (χ4v) is 0.769. The standard InChI is InChI=1S/C5H9F4N3O2/c1-5(11(6)7,12(8)9)3-2-4-10(13)14/h2-4H2,1H3. The first-order valence-electron chi connectivity index (χ1n) is 3.66. The molecular formula is C5H9F4N3O2. The van der Waals surface area contributed by atoms with Crippen molar-refractivity contribution in [2.75, 3.05) is 6.54 Å². The first-order chi connectivity index (χ1) is 6.30. The first-order valence-corrected chi connectivity index (χ1v) is 3.66. The average molecular weight is 219 g/mol. The Balaban J connectivity index is 4.17. The van der Waals surface area contributed by atoms with Crippen LogP contribution in [-0.2, 0) is 0 Å². The van der Waals surface area contributed by atoms with Crippen LogP contribution in [0.2, 0.25) is 0 Å². The Morgan fingerprint density at radius 2 is 1.71 bits per heavy atom. The van der Waals surface area contributed by atoms with Crippen LogP contribution in [0.15, 0.2) is 0 Å². The summed E-state index contributed by atoms with van der Waals surface area (Å²) in [6, 6.07) is 0. The van der Waals surface area contributed by atoms with Crippen LogP contribution in [0.3, 0.4) is 0 Å². The van der Waals surface area contributed by atoms with Crippen molar-refractivity contribution in [1.82, 2.24) is 10.7 Å². The SMILES string of the molecule is CC(CCC[N+](=O)[O-])(N(F)F)N(F)F. The largest absolute Gasteiger partial charge is 0.265 e. The predicted octanol–water partition coefficient (Wildman–Crippen LogP) is 1.90. The summed E-state index contributed by atoms with van der Waals surface area (Å²) in [5.41, 5.74) is -2.77. The van der Waals surface area contributed by atoms with Crippen molar-refractivity contribution in [1.29, 1.82) is 0 Å². The fourth-order valence-electron chi connectivity index (χ4n) is 0.769. The van der Waals surface area contributed by atoms with Gasteiger partial charge in [-0.05, 0) is 13.3 Å². The number of nitro groups is 1. The lowest BCUT2D eigenvalue weighted by Gasteiger charge is -2.27. The third kappa shape index (κ3) is 3.42. The molecule has 0 aliphatic heterocycles. The molecule has 0 atom stereocenters. The minimum absolute atomic E-state index is 0.349. The zero-order valence-corrected chi connectivity index (χ0v) is 7.29. The Kier molecular flexibility index (Phi) is 4.71. The maximum Gasteiger partial charge on any atom is 0.204 e. The lowest BCUT2D eigenvalue weighted by atomic mass is 10.1. The molecule has 0 aromatic rings. The van der Waals surface area contributed by atoms with Gasteiger partial charge in [-0.3, -0.25) is 10.1 Å². The van der Waals surface area contributed by atoms with Crippen LogP contribution in [0.25, 0.3) is 0 Å². The van der Waals surface area contributed by atoms with E-state index in [4.69, 9.17) is 0 Å². The van der Waals surface area contributed by atoms with Gasteiger partial charge in [-0.2, -0.15) is 0 Å². The highest BCUT2D eigenvalue weighted by Gasteiger charge is 2.42. The van der Waals surface area contributed by atoms with Crippen molar-refractivity contribution in [2.24, 2.45) is 0 Å². The first kappa shape index (κ1) is 13.0. The smallest absolute Gasteiger partial charge is 0.204 e. The van der Waals surface area contributed by atoms with Crippen molar-refractivity contribution in [3.8, 4) is 0 Å². The third-order valence-corrected chi connectivity index (χ3v) is 1.72. The van der Waals surface area contributed by atoms with Crippen LogP contribution < -0.4 is 0 Å². The molecule has 0 radical (unpaired) electrons. The molecule has 0 aliphatic carbocycles. The summed E-state index contributed by atoms with van der Waals surface area (Å²) in [5, 5.41) is 6.51. The van der Waals surface area contributed by atoms with Gasteiger partial charge in [0.25, 0.3) is 0 Å². The number of hydrogen-bond acceptors (Lipinski definition) is 4. The van der Waals surface area contributed by atoms with Crippen LogP contribution in [-0.4, -0.2) is 27.8 Å². The van der Waals surface area contributed by atoms with Gasteiger partial charge in [0.05, 0.1) is 0 Å². The van der Waals surface area contributed by atoms with Gasteiger partial charge in [-0.1, -0.05) is 17.9 Å². The van der Waals surface area contributed by atoms with Crippen molar-refractivity contribution < 1.29 is 22.8 Å². The van der Waals surface area contributed by atoms with E-state index >= 15 is 0 Å². The van der Waals surface area contributed by atoms with Gasteiger partial charge in [0, 0.05) is 22.0 Å². The maximum atomic E-state index is 12.0. The van der Waals surface area contributed by atoms with Crippen molar-refractivity contribution in [2.45, 2.75) is 25.4 Å². The molecule has 0 saturated heterocycles. The number of rotatable bonds is 6. The Labute approximate surface area is 76.8 Å². The fraction of sp³-hybridized carbons (Fsp3) is 1.00. The number of hydrogen-bond donors (Lipinski definition) is 0. The summed E-state index contributed by atoms with van der Waals surface area (Å²) < 4.78 is 48.0. The summed E-state index contributed by atoms with van der Waals surface area (Å²) in [7, 11) is 0. The lowest BCUT2D eigenvalue weighted by Crippen LogP contribution is -2.45. The molecule has 14 heavy (non-hydrogen) atoms. The molecule has 0 aliphatic rings. The van der Waals surface area contributed by atoms with E-state index in [1.54, 1.807) is 0 Å². The molecule has 0 spiro atoms. The highest BCUT2D eigenvalue weighted by atomic mass is 19.4. The molecule has 0 saturated carbocycles. The molecule has 0 aromatic carbocycles. The minimum atomic E-state index is -2.77. The second kappa shape index (κ2) is 5.05. The van der Waals surface area contributed by atoms with Gasteiger partial charge >= 0.3 is 0 Å². The van der Waals surface area contributed by atoms with Gasteiger partial charge in [-0.25, -0.2) is 0 Å². The molecule has 0 bridgehead atoms. The Morgan fingerprint density at radius 3 is 2.00 bits per heavy atom. The second-order valence-electron chi connectivity index (χ2n) is 2.84. The Morgan fingerprint density at radius 1 is 1.29 bits per heavy atom. The summed E-state index contributed by atoms with van der Waals surface area (Å²) in [4.78, 5) is 9.08. The molecule has 0 unspecified atom stereocenters. The molecule has 5 nitrogen and oxygen atoms in total. The molecule has 9 heteroatoms. The molecule has 0 N–H and O–H groups in total. The second-order valence-corrected chi connectivity index (χ2v) is 2.84. The Hall–Kier alpha value is -0.960. The molecule has 0 fully saturated rings. The van der Waals surface area contributed by atoms with Crippen molar-refractivity contribution in [3.05, 3.63) is 10.1 Å². The molecule has 0 rings (SSSR count). The Bertz CT molecular complexity index is 193. The van der Waals surface area contributed by atoms with Gasteiger partial charge in [0.2, 0.25) is 6.54 Å². The van der Waals surface area contributed by atoms with E-state index in [-0.39, 0.29) is 6.42 Å². The van der Waals surface area contributed by atoms with E-state index < -0.39 is 34.2 Å². The quantitative estimate of drug-likeness (QED) is 0.225. The summed E-state index contributed by atoms with van der Waals surface area (Å²) in [5.74, 6) is 0. The van der Waals surface area contributed by atoms with E-state index in [9.17, 15) is 28.0 Å². The predicted molar refractivity (Wildman–Crippen MR) is 37.6 cm³/mol. The molecular weight excluding hydrogens is 210 g/mol. The van der Waals surface area contributed by atoms with Gasteiger partial charge in [-0.15, -0.1) is 0 Å². The van der Waals surface area contributed by atoms with Crippen LogP contribution >= 0.6 is 0 Å². The molecule has 0 aromatic heterocycles. The summed E-state index contributed by atoms with van der Waals surface area (Å²) in [6.07, 6.45) is -1.05. The van der Waals surface area contributed by atoms with Gasteiger partial charge in [0.1, 0.15) is 0 Å². The molecule has 0 amide bonds. The van der Waals surface area contributed by atoms with E-state index in [1.807, 2.05) is 0 Å². The van der Waals surface area contributed by atoms with Crippen LogP contribution in [0, 0.1) is 10.1 Å². The zero-order chi connectivity index (χ0) is 11.4. The van der Waals surface area contributed by atoms with Gasteiger partial charge in [0.15, 0.2) is 5.66 Å². The zero-order valence-electron chi connectivity index (χ0n) is 7.29. The van der Waals surface area contributed by atoms with Crippen molar-refractivity contribution >= 4 is 0 Å². The highest BCUT2D eigenvalue weighted by molar-refractivity contribution is 4.70. The third-order valence-electron chi connectivity index (χ3n) is 1.72. The van der Waals surface area contributed by atoms with E-state index in [2.05, 4.69) is 0 Å². The summed E-state index contributed by atoms with van der Waals surface area (Å²) in [6.45, 7) is -0.0236. The highest BCUT2D eigenvalue weighted by Crippen LogP contribution is 2.27. The van der Waals surface area contributed by atoms with E-state index in [0.29, 0.717) is 6.92 Å². The lowest BCUT2D eigenvalue weighted by molar-refractivity contribution is -0.482. The number of nitrogens with zero attached hydrogens (tertiary/aromatic N) is 3. The topological polar surface area (TPSA) is 49.6 Å².